The Balaban J connectivity index is 2.41. The summed E-state index contributed by atoms with van der Waals surface area (Å²) in [7, 11) is -1.26. The molecule has 0 aromatic rings. The fourth-order valence-corrected chi connectivity index (χ4v) is 4.02. The van der Waals surface area contributed by atoms with E-state index >= 15 is 0 Å². The molecule has 102 valence electrons. The van der Waals surface area contributed by atoms with Gasteiger partial charge < -0.3 is 5.32 Å². The van der Waals surface area contributed by atoms with Gasteiger partial charge in [0.1, 0.15) is 0 Å². The lowest BCUT2D eigenvalue weighted by molar-refractivity contribution is 0.249. The maximum atomic E-state index is 11.9. The van der Waals surface area contributed by atoms with Gasteiger partial charge in [-0.3, -0.25) is 0 Å². The first-order valence-electron chi connectivity index (χ1n) is 6.59. The zero-order chi connectivity index (χ0) is 12.9. The molecule has 1 rings (SSSR count). The maximum absolute atomic E-state index is 11.9. The van der Waals surface area contributed by atoms with E-state index in [0.717, 1.165) is 31.7 Å². The van der Waals surface area contributed by atoms with Gasteiger partial charge in [0.15, 0.2) is 0 Å². The summed E-state index contributed by atoms with van der Waals surface area (Å²) in [5.41, 5.74) is 0. The highest BCUT2D eigenvalue weighted by Gasteiger charge is 2.28. The predicted molar refractivity (Wildman–Crippen MR) is 71.4 cm³/mol. The zero-order valence-electron chi connectivity index (χ0n) is 11.2. The molecule has 0 saturated heterocycles. The summed E-state index contributed by atoms with van der Waals surface area (Å²) in [6.07, 6.45) is 3.91. The number of hydrogen-bond donors (Lipinski definition) is 2. The summed E-state index contributed by atoms with van der Waals surface area (Å²) in [4.78, 5) is 0. The molecule has 17 heavy (non-hydrogen) atoms. The van der Waals surface area contributed by atoms with Gasteiger partial charge in [0.05, 0.1) is 5.75 Å². The highest BCUT2D eigenvalue weighted by molar-refractivity contribution is 7.89. The molecule has 1 aliphatic carbocycles. The summed E-state index contributed by atoms with van der Waals surface area (Å²) < 4.78 is 26.6. The van der Waals surface area contributed by atoms with Crippen molar-refractivity contribution >= 4 is 10.0 Å². The molecule has 3 atom stereocenters. The van der Waals surface area contributed by atoms with Crippen molar-refractivity contribution in [1.82, 2.24) is 10.0 Å². The van der Waals surface area contributed by atoms with Crippen LogP contribution in [0.3, 0.4) is 0 Å². The van der Waals surface area contributed by atoms with E-state index in [1.807, 2.05) is 7.05 Å². The highest BCUT2D eigenvalue weighted by Crippen LogP contribution is 2.28. The minimum atomic E-state index is -3.09. The Morgan fingerprint density at radius 1 is 1.24 bits per heavy atom. The van der Waals surface area contributed by atoms with Crippen molar-refractivity contribution in [3.8, 4) is 0 Å². The molecule has 1 aliphatic rings. The van der Waals surface area contributed by atoms with Crippen molar-refractivity contribution in [3.63, 3.8) is 0 Å². The molecule has 3 unspecified atom stereocenters. The Morgan fingerprint density at radius 3 is 2.53 bits per heavy atom. The number of hydrogen-bond acceptors (Lipinski definition) is 3. The minimum absolute atomic E-state index is 0.144. The van der Waals surface area contributed by atoms with Gasteiger partial charge >= 0.3 is 0 Å². The van der Waals surface area contributed by atoms with E-state index in [2.05, 4.69) is 23.9 Å². The van der Waals surface area contributed by atoms with Gasteiger partial charge in [-0.1, -0.05) is 13.8 Å². The van der Waals surface area contributed by atoms with Crippen molar-refractivity contribution in [2.24, 2.45) is 11.8 Å². The van der Waals surface area contributed by atoms with E-state index in [4.69, 9.17) is 0 Å². The number of nitrogens with one attached hydrogen (secondary N) is 2. The number of sulfonamides is 1. The lowest BCUT2D eigenvalue weighted by Gasteiger charge is -2.32. The topological polar surface area (TPSA) is 58.2 Å². The molecule has 0 bridgehead atoms. The quantitative estimate of drug-likeness (QED) is 0.710. The molecule has 0 spiro atoms. The third-order valence-electron chi connectivity index (χ3n) is 3.60. The van der Waals surface area contributed by atoms with Crippen LogP contribution < -0.4 is 10.0 Å². The van der Waals surface area contributed by atoms with Crippen LogP contribution in [-0.4, -0.2) is 33.8 Å². The largest absolute Gasteiger partial charge is 0.320 e. The molecule has 0 heterocycles. The second-order valence-corrected chi connectivity index (χ2v) is 7.27. The standard InChI is InChI=1S/C12H26N2O2S/c1-10-5-6-12(11(2)9-10)14-17(15,16)8-4-7-13-3/h10-14H,4-9H2,1-3H3. The lowest BCUT2D eigenvalue weighted by Crippen LogP contribution is -2.43. The fraction of sp³-hybridized carbons (Fsp3) is 1.00. The zero-order valence-corrected chi connectivity index (χ0v) is 12.0. The Bertz CT molecular complexity index is 316. The van der Waals surface area contributed by atoms with Crippen molar-refractivity contribution in [2.45, 2.75) is 45.6 Å². The fourth-order valence-electron chi connectivity index (χ4n) is 2.57. The smallest absolute Gasteiger partial charge is 0.211 e. The average molecular weight is 262 g/mol. The van der Waals surface area contributed by atoms with E-state index in [-0.39, 0.29) is 11.8 Å². The van der Waals surface area contributed by atoms with Crippen molar-refractivity contribution in [1.29, 1.82) is 0 Å². The van der Waals surface area contributed by atoms with Crippen LogP contribution in [0.5, 0.6) is 0 Å². The first kappa shape index (κ1) is 14.9. The van der Waals surface area contributed by atoms with Gasteiger partial charge in [0.25, 0.3) is 0 Å². The lowest BCUT2D eigenvalue weighted by atomic mass is 9.80. The summed E-state index contributed by atoms with van der Waals surface area (Å²) >= 11 is 0. The summed E-state index contributed by atoms with van der Waals surface area (Å²) in [6.45, 7) is 5.14. The van der Waals surface area contributed by atoms with Gasteiger partial charge in [0, 0.05) is 6.04 Å². The molecule has 1 saturated carbocycles. The van der Waals surface area contributed by atoms with Crippen molar-refractivity contribution in [3.05, 3.63) is 0 Å². The third-order valence-corrected chi connectivity index (χ3v) is 5.09. The second kappa shape index (κ2) is 6.71. The highest BCUT2D eigenvalue weighted by atomic mass is 32.2. The summed E-state index contributed by atoms with van der Waals surface area (Å²) in [5.74, 6) is 1.42. The van der Waals surface area contributed by atoms with Crippen LogP contribution >= 0.6 is 0 Å². The van der Waals surface area contributed by atoms with Crippen molar-refractivity contribution in [2.75, 3.05) is 19.3 Å². The van der Waals surface area contributed by atoms with Crippen LogP contribution in [0, 0.1) is 11.8 Å². The Hall–Kier alpha value is -0.130. The Morgan fingerprint density at radius 2 is 1.94 bits per heavy atom. The second-order valence-electron chi connectivity index (χ2n) is 5.40. The molecule has 0 aromatic carbocycles. The van der Waals surface area contributed by atoms with Crippen LogP contribution in [0.4, 0.5) is 0 Å². The van der Waals surface area contributed by atoms with Gasteiger partial charge in [-0.25, -0.2) is 13.1 Å². The van der Waals surface area contributed by atoms with Crippen LogP contribution in [0.25, 0.3) is 0 Å². The maximum Gasteiger partial charge on any atom is 0.211 e. The van der Waals surface area contributed by atoms with E-state index in [0.29, 0.717) is 12.3 Å². The normalized spacial score (nSPS) is 30.4. The van der Waals surface area contributed by atoms with E-state index in [1.165, 1.54) is 0 Å². The molecule has 0 radical (unpaired) electrons. The van der Waals surface area contributed by atoms with Crippen LogP contribution in [0.2, 0.25) is 0 Å². The molecular formula is C12H26N2O2S. The third kappa shape index (κ3) is 5.36. The first-order chi connectivity index (χ1) is 7.94. The van der Waals surface area contributed by atoms with Crippen LogP contribution in [0.1, 0.15) is 39.5 Å². The van der Waals surface area contributed by atoms with Gasteiger partial charge in [-0.05, 0) is 51.1 Å². The molecule has 1 fully saturated rings. The summed E-state index contributed by atoms with van der Waals surface area (Å²) in [6, 6.07) is 0.144. The molecule has 5 heteroatoms. The predicted octanol–water partition coefficient (Wildman–Crippen LogP) is 1.34. The van der Waals surface area contributed by atoms with E-state index < -0.39 is 10.0 Å². The van der Waals surface area contributed by atoms with E-state index in [9.17, 15) is 8.42 Å². The number of rotatable bonds is 6. The Labute approximate surface area is 106 Å². The van der Waals surface area contributed by atoms with Gasteiger partial charge in [0.2, 0.25) is 10.0 Å². The molecule has 0 amide bonds. The molecule has 0 aromatic heterocycles. The molecule has 4 nitrogen and oxygen atoms in total. The summed E-state index contributed by atoms with van der Waals surface area (Å²) in [5, 5.41) is 2.97. The van der Waals surface area contributed by atoms with Crippen LogP contribution in [-0.2, 0) is 10.0 Å². The Kier molecular flexibility index (Phi) is 5.89. The molecular weight excluding hydrogens is 236 g/mol. The van der Waals surface area contributed by atoms with Gasteiger partial charge in [-0.15, -0.1) is 0 Å². The van der Waals surface area contributed by atoms with Gasteiger partial charge in [-0.2, -0.15) is 0 Å². The molecule has 2 N–H and O–H groups in total. The van der Waals surface area contributed by atoms with Crippen molar-refractivity contribution < 1.29 is 8.42 Å². The minimum Gasteiger partial charge on any atom is -0.320 e. The average Bonchev–Trinajstić information content (AvgIpc) is 2.22. The molecule has 0 aliphatic heterocycles. The van der Waals surface area contributed by atoms with E-state index in [1.54, 1.807) is 0 Å². The SMILES string of the molecule is CNCCCS(=O)(=O)NC1CCC(C)CC1C. The first-order valence-corrected chi connectivity index (χ1v) is 8.24. The monoisotopic (exact) mass is 262 g/mol. The van der Waals surface area contributed by atoms with Crippen LogP contribution in [0.15, 0.2) is 0 Å².